The molecule has 20 heavy (non-hydrogen) atoms. The Hall–Kier alpha value is -1.33. The van der Waals surface area contributed by atoms with Gasteiger partial charge in [-0.2, -0.15) is 0 Å². The normalized spacial score (nSPS) is 21.6. The molecule has 5 heteroatoms. The number of hydrogen-bond acceptors (Lipinski definition) is 3. The highest BCUT2D eigenvalue weighted by atomic mass is 16.5. The average Bonchev–Trinajstić information content (AvgIpc) is 3.23. The molecule has 0 aromatic carbocycles. The van der Waals surface area contributed by atoms with Gasteiger partial charge < -0.3 is 19.7 Å². The van der Waals surface area contributed by atoms with Crippen LogP contribution in [0.4, 0.5) is 0 Å². The molecule has 1 aromatic heterocycles. The van der Waals surface area contributed by atoms with E-state index in [4.69, 9.17) is 4.74 Å². The summed E-state index contributed by atoms with van der Waals surface area (Å²) >= 11 is 0. The average molecular weight is 278 g/mol. The molecule has 1 amide bonds. The van der Waals surface area contributed by atoms with Gasteiger partial charge in [0.2, 0.25) is 0 Å². The Balaban J connectivity index is 1.62. The van der Waals surface area contributed by atoms with Crippen LogP contribution in [-0.4, -0.2) is 41.9 Å². The minimum atomic E-state index is -0.217. The van der Waals surface area contributed by atoms with Crippen molar-refractivity contribution in [3.8, 4) is 0 Å². The van der Waals surface area contributed by atoms with Crippen molar-refractivity contribution >= 4 is 5.91 Å². The van der Waals surface area contributed by atoms with Crippen molar-refractivity contribution in [2.24, 2.45) is 5.41 Å². The highest BCUT2D eigenvalue weighted by molar-refractivity contribution is 5.92. The van der Waals surface area contributed by atoms with E-state index in [2.05, 4.69) is 9.88 Å². The fraction of sp³-hybridized carbons (Fsp3) is 0.667. The van der Waals surface area contributed by atoms with Crippen molar-refractivity contribution in [1.29, 1.82) is 0 Å². The van der Waals surface area contributed by atoms with Gasteiger partial charge in [-0.25, -0.2) is 0 Å². The minimum Gasteiger partial charge on any atom is -0.396 e. The Kier molecular flexibility index (Phi) is 3.81. The highest BCUT2D eigenvalue weighted by Crippen LogP contribution is 2.36. The van der Waals surface area contributed by atoms with Crippen molar-refractivity contribution in [2.45, 2.75) is 31.7 Å². The topological polar surface area (TPSA) is 63.5 Å². The molecule has 3 rings (SSSR count). The van der Waals surface area contributed by atoms with Crippen LogP contribution >= 0.6 is 0 Å². The molecule has 1 saturated carbocycles. The zero-order valence-electron chi connectivity index (χ0n) is 11.7. The molecule has 5 nitrogen and oxygen atoms in total. The maximum absolute atomic E-state index is 12.3. The van der Waals surface area contributed by atoms with Crippen LogP contribution in [0.5, 0.6) is 0 Å². The Morgan fingerprint density at radius 3 is 2.85 bits per heavy atom. The maximum Gasteiger partial charge on any atom is 0.267 e. The monoisotopic (exact) mass is 278 g/mol. The van der Waals surface area contributed by atoms with Crippen molar-refractivity contribution in [3.05, 3.63) is 24.0 Å². The molecule has 2 heterocycles. The van der Waals surface area contributed by atoms with Crippen molar-refractivity contribution in [1.82, 2.24) is 9.88 Å². The Labute approximate surface area is 118 Å². The van der Waals surface area contributed by atoms with E-state index in [-0.39, 0.29) is 17.9 Å². The number of hydrogen-bond donors (Lipinski definition) is 2. The van der Waals surface area contributed by atoms with Gasteiger partial charge in [0, 0.05) is 37.4 Å². The van der Waals surface area contributed by atoms with Gasteiger partial charge in [0.05, 0.1) is 6.61 Å². The van der Waals surface area contributed by atoms with E-state index >= 15 is 0 Å². The zero-order chi connectivity index (χ0) is 14.0. The maximum atomic E-state index is 12.3. The summed E-state index contributed by atoms with van der Waals surface area (Å²) in [6, 6.07) is 4.29. The molecule has 1 aliphatic heterocycles. The molecule has 1 aliphatic carbocycles. The number of carbonyl (C=O) groups is 1. The number of amides is 1. The van der Waals surface area contributed by atoms with E-state index in [0.717, 1.165) is 31.4 Å². The number of carbonyl (C=O) groups excluding carboxylic acids is 1. The number of aromatic nitrogens is 1. The number of nitrogens with one attached hydrogen (secondary N) is 1. The molecule has 2 N–H and O–H groups in total. The summed E-state index contributed by atoms with van der Waals surface area (Å²) in [4.78, 5) is 12.3. The SMILES string of the molecule is O=C(NCC1(CO)CCOCC1)c1cccn1C1CC1. The third-order valence-electron chi connectivity index (χ3n) is 4.46. The van der Waals surface area contributed by atoms with Crippen LogP contribution in [0.25, 0.3) is 0 Å². The number of ether oxygens (including phenoxy) is 1. The van der Waals surface area contributed by atoms with Crippen LogP contribution in [0.2, 0.25) is 0 Å². The summed E-state index contributed by atoms with van der Waals surface area (Å²) in [6.07, 6.45) is 5.89. The lowest BCUT2D eigenvalue weighted by molar-refractivity contribution is -0.0146. The summed E-state index contributed by atoms with van der Waals surface area (Å²) in [5, 5.41) is 12.6. The molecule has 1 saturated heterocycles. The largest absolute Gasteiger partial charge is 0.396 e. The number of aliphatic hydroxyl groups excluding tert-OH is 1. The molecule has 110 valence electrons. The lowest BCUT2D eigenvalue weighted by Gasteiger charge is -2.35. The van der Waals surface area contributed by atoms with Gasteiger partial charge in [-0.15, -0.1) is 0 Å². The van der Waals surface area contributed by atoms with E-state index in [1.54, 1.807) is 0 Å². The molecule has 0 spiro atoms. The second kappa shape index (κ2) is 5.58. The van der Waals surface area contributed by atoms with Gasteiger partial charge in [0.15, 0.2) is 0 Å². The molecule has 0 unspecified atom stereocenters. The second-order valence-corrected chi connectivity index (χ2v) is 5.99. The predicted molar refractivity (Wildman–Crippen MR) is 74.6 cm³/mol. The van der Waals surface area contributed by atoms with E-state index in [0.29, 0.717) is 25.8 Å². The Morgan fingerprint density at radius 1 is 1.45 bits per heavy atom. The quantitative estimate of drug-likeness (QED) is 0.854. The first kappa shape index (κ1) is 13.6. The second-order valence-electron chi connectivity index (χ2n) is 5.99. The summed E-state index contributed by atoms with van der Waals surface area (Å²) in [7, 11) is 0. The van der Waals surface area contributed by atoms with Crippen molar-refractivity contribution in [3.63, 3.8) is 0 Å². The van der Waals surface area contributed by atoms with Gasteiger partial charge in [-0.05, 0) is 37.8 Å². The summed E-state index contributed by atoms with van der Waals surface area (Å²) < 4.78 is 7.40. The van der Waals surface area contributed by atoms with Crippen LogP contribution in [0.15, 0.2) is 18.3 Å². The van der Waals surface area contributed by atoms with Crippen LogP contribution in [-0.2, 0) is 4.74 Å². The van der Waals surface area contributed by atoms with E-state index in [1.165, 1.54) is 0 Å². The lowest BCUT2D eigenvalue weighted by atomic mass is 9.81. The van der Waals surface area contributed by atoms with E-state index in [1.807, 2.05) is 18.3 Å². The van der Waals surface area contributed by atoms with E-state index in [9.17, 15) is 9.90 Å². The fourth-order valence-corrected chi connectivity index (χ4v) is 2.81. The first-order chi connectivity index (χ1) is 9.74. The zero-order valence-corrected chi connectivity index (χ0v) is 11.7. The molecular weight excluding hydrogens is 256 g/mol. The standard InChI is InChI=1S/C15H22N2O3/c18-11-15(5-8-20-9-6-15)10-16-14(19)13-2-1-7-17(13)12-3-4-12/h1-2,7,12,18H,3-6,8-11H2,(H,16,19). The molecule has 0 radical (unpaired) electrons. The third-order valence-corrected chi connectivity index (χ3v) is 4.46. The molecule has 1 aromatic rings. The smallest absolute Gasteiger partial charge is 0.267 e. The van der Waals surface area contributed by atoms with Gasteiger partial charge in [-0.3, -0.25) is 4.79 Å². The van der Waals surface area contributed by atoms with Gasteiger partial charge in [0.25, 0.3) is 5.91 Å². The van der Waals surface area contributed by atoms with Crippen molar-refractivity contribution in [2.75, 3.05) is 26.4 Å². The Bertz CT molecular complexity index is 473. The van der Waals surface area contributed by atoms with Crippen LogP contribution in [0.1, 0.15) is 42.2 Å². The predicted octanol–water partition coefficient (Wildman–Crippen LogP) is 1.34. The number of aliphatic hydroxyl groups is 1. The summed E-state index contributed by atoms with van der Waals surface area (Å²) in [6.45, 7) is 1.94. The molecule has 0 atom stereocenters. The van der Waals surface area contributed by atoms with E-state index < -0.39 is 0 Å². The number of nitrogens with zero attached hydrogens (tertiary/aromatic N) is 1. The van der Waals surface area contributed by atoms with Gasteiger partial charge >= 0.3 is 0 Å². The minimum absolute atomic E-state index is 0.0405. The first-order valence-electron chi connectivity index (χ1n) is 7.38. The first-order valence-corrected chi connectivity index (χ1v) is 7.38. The molecular formula is C15H22N2O3. The third kappa shape index (κ3) is 2.74. The lowest BCUT2D eigenvalue weighted by Crippen LogP contribution is -2.44. The van der Waals surface area contributed by atoms with Crippen LogP contribution in [0, 0.1) is 5.41 Å². The highest BCUT2D eigenvalue weighted by Gasteiger charge is 2.33. The fourth-order valence-electron chi connectivity index (χ4n) is 2.81. The van der Waals surface area contributed by atoms with Crippen LogP contribution in [0.3, 0.4) is 0 Å². The molecule has 2 fully saturated rings. The van der Waals surface area contributed by atoms with Crippen LogP contribution < -0.4 is 5.32 Å². The summed E-state index contributed by atoms with van der Waals surface area (Å²) in [5.74, 6) is -0.0405. The van der Waals surface area contributed by atoms with Crippen molar-refractivity contribution < 1.29 is 14.6 Å². The van der Waals surface area contributed by atoms with Gasteiger partial charge in [0.1, 0.15) is 5.69 Å². The number of rotatable bonds is 5. The van der Waals surface area contributed by atoms with Gasteiger partial charge in [-0.1, -0.05) is 0 Å². The summed E-state index contributed by atoms with van der Waals surface area (Å²) in [5.41, 5.74) is 0.512. The Morgan fingerprint density at radius 2 is 2.20 bits per heavy atom. The molecule has 0 bridgehead atoms. The molecule has 2 aliphatic rings.